The van der Waals surface area contributed by atoms with Crippen LogP contribution in [0.3, 0.4) is 0 Å². The number of benzene rings is 3. The molecular formula is C30H34ClN3O. The maximum absolute atomic E-state index is 9.81. The van der Waals surface area contributed by atoms with Gasteiger partial charge in [0.15, 0.2) is 0 Å². The fraction of sp³-hybridized carbons (Fsp3) is 0.300. The summed E-state index contributed by atoms with van der Waals surface area (Å²) in [6.07, 6.45) is 4.22. The molecule has 1 N–H and O–H groups in total. The zero-order valence-electron chi connectivity index (χ0n) is 20.6. The van der Waals surface area contributed by atoms with E-state index >= 15 is 0 Å². The molecule has 0 spiro atoms. The number of halogens is 1. The fourth-order valence-electron chi connectivity index (χ4n) is 4.48. The van der Waals surface area contributed by atoms with Crippen molar-refractivity contribution in [1.82, 2.24) is 14.7 Å². The average Bonchev–Trinajstić information content (AvgIpc) is 3.23. The number of rotatable bonds is 11. The molecule has 0 saturated carbocycles. The standard InChI is InChI=1S/C30H34ClN3O/c1-3-5-19-33(21-24-17-18-26(35)20-28(24)31)22-27-29(12-4-2)34(25-15-10-7-11-16-25)32-30(27)23-13-8-6-9-14-23/h6-11,13-18,20,35H,3-5,12,19,21-22H2,1-2H3. The summed E-state index contributed by atoms with van der Waals surface area (Å²) in [5, 5.41) is 15.6. The Morgan fingerprint density at radius 2 is 1.60 bits per heavy atom. The third kappa shape index (κ3) is 6.14. The van der Waals surface area contributed by atoms with Crippen molar-refractivity contribution in [3.05, 3.63) is 101 Å². The number of hydrogen-bond donors (Lipinski definition) is 1. The minimum absolute atomic E-state index is 0.194. The highest BCUT2D eigenvalue weighted by Gasteiger charge is 2.22. The van der Waals surface area contributed by atoms with Gasteiger partial charge in [0.2, 0.25) is 0 Å². The molecule has 0 saturated heterocycles. The van der Waals surface area contributed by atoms with Crippen molar-refractivity contribution >= 4 is 11.6 Å². The second-order valence-corrected chi connectivity index (χ2v) is 9.38. The van der Waals surface area contributed by atoms with Crippen LogP contribution in [0.15, 0.2) is 78.9 Å². The lowest BCUT2D eigenvalue weighted by Crippen LogP contribution is -2.25. The molecule has 0 radical (unpaired) electrons. The van der Waals surface area contributed by atoms with Crippen molar-refractivity contribution in [3.8, 4) is 22.7 Å². The van der Waals surface area contributed by atoms with E-state index in [0.29, 0.717) is 5.02 Å². The van der Waals surface area contributed by atoms with Crippen molar-refractivity contribution in [2.75, 3.05) is 6.54 Å². The van der Waals surface area contributed by atoms with Crippen molar-refractivity contribution in [1.29, 1.82) is 0 Å². The van der Waals surface area contributed by atoms with Gasteiger partial charge in [-0.25, -0.2) is 4.68 Å². The monoisotopic (exact) mass is 487 g/mol. The van der Waals surface area contributed by atoms with E-state index in [4.69, 9.17) is 16.7 Å². The Morgan fingerprint density at radius 3 is 2.26 bits per heavy atom. The molecule has 3 aromatic carbocycles. The first-order chi connectivity index (χ1) is 17.1. The van der Waals surface area contributed by atoms with E-state index in [-0.39, 0.29) is 5.75 Å². The normalized spacial score (nSPS) is 11.3. The van der Waals surface area contributed by atoms with E-state index in [1.807, 2.05) is 18.2 Å². The minimum atomic E-state index is 0.194. The predicted molar refractivity (Wildman–Crippen MR) is 145 cm³/mol. The van der Waals surface area contributed by atoms with Gasteiger partial charge < -0.3 is 5.11 Å². The Hall–Kier alpha value is -3.08. The fourth-order valence-corrected chi connectivity index (χ4v) is 4.71. The number of unbranched alkanes of at least 4 members (excludes halogenated alkanes) is 1. The van der Waals surface area contributed by atoms with Crippen LogP contribution in [0.1, 0.15) is 49.9 Å². The molecule has 0 unspecified atom stereocenters. The van der Waals surface area contributed by atoms with Gasteiger partial charge in [-0.05, 0) is 49.2 Å². The molecule has 0 bridgehead atoms. The Bertz CT molecular complexity index is 1220. The van der Waals surface area contributed by atoms with E-state index in [1.54, 1.807) is 12.1 Å². The first-order valence-electron chi connectivity index (χ1n) is 12.5. The summed E-state index contributed by atoms with van der Waals surface area (Å²) in [5.74, 6) is 0.194. The van der Waals surface area contributed by atoms with Gasteiger partial charge >= 0.3 is 0 Å². The highest BCUT2D eigenvalue weighted by atomic mass is 35.5. The Kier molecular flexibility index (Phi) is 8.62. The van der Waals surface area contributed by atoms with Crippen LogP contribution in [0, 0.1) is 0 Å². The molecule has 4 aromatic rings. The van der Waals surface area contributed by atoms with Crippen LogP contribution in [-0.2, 0) is 19.5 Å². The summed E-state index contributed by atoms with van der Waals surface area (Å²) in [4.78, 5) is 2.46. The number of aromatic hydroxyl groups is 1. The van der Waals surface area contributed by atoms with Crippen LogP contribution >= 0.6 is 11.6 Å². The molecule has 0 aliphatic rings. The third-order valence-corrected chi connectivity index (χ3v) is 6.62. The topological polar surface area (TPSA) is 41.3 Å². The predicted octanol–water partition coefficient (Wildman–Crippen LogP) is 7.65. The molecule has 0 aliphatic heterocycles. The van der Waals surface area contributed by atoms with Gasteiger partial charge in [0.05, 0.1) is 11.4 Å². The Morgan fingerprint density at radius 1 is 0.886 bits per heavy atom. The molecule has 5 heteroatoms. The zero-order chi connectivity index (χ0) is 24.6. The molecule has 0 aliphatic carbocycles. The van der Waals surface area contributed by atoms with Crippen LogP contribution < -0.4 is 0 Å². The Balaban J connectivity index is 1.79. The number of phenolic OH excluding ortho intramolecular Hbond substituents is 1. The first-order valence-corrected chi connectivity index (χ1v) is 12.9. The van der Waals surface area contributed by atoms with Crippen LogP contribution in [0.4, 0.5) is 0 Å². The number of aromatic nitrogens is 2. The summed E-state index contributed by atoms with van der Waals surface area (Å²) in [6, 6.07) is 26.2. The van der Waals surface area contributed by atoms with Crippen molar-refractivity contribution in [2.45, 2.75) is 52.6 Å². The minimum Gasteiger partial charge on any atom is -0.508 e. The van der Waals surface area contributed by atoms with Crippen molar-refractivity contribution < 1.29 is 5.11 Å². The van der Waals surface area contributed by atoms with Gasteiger partial charge in [0.1, 0.15) is 5.75 Å². The van der Waals surface area contributed by atoms with Gasteiger partial charge in [-0.15, -0.1) is 0 Å². The summed E-state index contributed by atoms with van der Waals surface area (Å²) < 4.78 is 2.13. The molecular weight excluding hydrogens is 454 g/mol. The van der Waals surface area contributed by atoms with E-state index in [9.17, 15) is 5.11 Å². The third-order valence-electron chi connectivity index (χ3n) is 6.26. The molecule has 0 amide bonds. The summed E-state index contributed by atoms with van der Waals surface area (Å²) >= 11 is 6.50. The van der Waals surface area contributed by atoms with Gasteiger partial charge in [-0.1, -0.05) is 92.9 Å². The van der Waals surface area contributed by atoms with Crippen LogP contribution in [0.5, 0.6) is 5.75 Å². The Labute approximate surface area is 213 Å². The maximum Gasteiger partial charge on any atom is 0.117 e. The van der Waals surface area contributed by atoms with Gasteiger partial charge in [-0.3, -0.25) is 4.90 Å². The summed E-state index contributed by atoms with van der Waals surface area (Å²) in [5.41, 5.74) is 6.81. The molecule has 182 valence electrons. The second kappa shape index (κ2) is 12.1. The van der Waals surface area contributed by atoms with Crippen LogP contribution in [0.2, 0.25) is 5.02 Å². The average molecular weight is 488 g/mol. The van der Waals surface area contributed by atoms with Crippen LogP contribution in [-0.4, -0.2) is 26.3 Å². The van der Waals surface area contributed by atoms with Crippen molar-refractivity contribution in [3.63, 3.8) is 0 Å². The number of para-hydroxylation sites is 1. The molecule has 0 atom stereocenters. The lowest BCUT2D eigenvalue weighted by Gasteiger charge is -2.24. The van der Waals surface area contributed by atoms with E-state index < -0.39 is 0 Å². The van der Waals surface area contributed by atoms with E-state index in [0.717, 1.165) is 67.8 Å². The maximum atomic E-state index is 9.81. The van der Waals surface area contributed by atoms with E-state index in [2.05, 4.69) is 72.0 Å². The molecule has 1 aromatic heterocycles. The molecule has 4 nitrogen and oxygen atoms in total. The van der Waals surface area contributed by atoms with Gasteiger partial charge in [0, 0.05) is 34.9 Å². The molecule has 0 fully saturated rings. The zero-order valence-corrected chi connectivity index (χ0v) is 21.4. The summed E-state index contributed by atoms with van der Waals surface area (Å²) in [7, 11) is 0. The largest absolute Gasteiger partial charge is 0.508 e. The first kappa shape index (κ1) is 25.0. The summed E-state index contributed by atoms with van der Waals surface area (Å²) in [6.45, 7) is 6.90. The quantitative estimate of drug-likeness (QED) is 0.236. The van der Waals surface area contributed by atoms with Gasteiger partial charge in [-0.2, -0.15) is 5.10 Å². The molecule has 4 rings (SSSR count). The lowest BCUT2D eigenvalue weighted by molar-refractivity contribution is 0.252. The molecule has 35 heavy (non-hydrogen) atoms. The van der Waals surface area contributed by atoms with Gasteiger partial charge in [0.25, 0.3) is 0 Å². The number of hydrogen-bond acceptors (Lipinski definition) is 3. The second-order valence-electron chi connectivity index (χ2n) is 8.98. The highest BCUT2D eigenvalue weighted by molar-refractivity contribution is 6.31. The smallest absolute Gasteiger partial charge is 0.117 e. The number of nitrogens with zero attached hydrogens (tertiary/aromatic N) is 3. The molecule has 1 heterocycles. The van der Waals surface area contributed by atoms with Crippen LogP contribution in [0.25, 0.3) is 16.9 Å². The highest BCUT2D eigenvalue weighted by Crippen LogP contribution is 2.31. The van der Waals surface area contributed by atoms with Crippen molar-refractivity contribution in [2.24, 2.45) is 0 Å². The lowest BCUT2D eigenvalue weighted by atomic mass is 10.0. The van der Waals surface area contributed by atoms with E-state index in [1.165, 1.54) is 11.3 Å². The number of phenols is 1. The SMILES string of the molecule is CCCCN(Cc1ccc(O)cc1Cl)Cc1c(-c2ccccc2)nn(-c2ccccc2)c1CCC.